The lowest BCUT2D eigenvalue weighted by Gasteiger charge is -2.28. The number of nitrogens with one attached hydrogen (secondary N) is 6. The van der Waals surface area contributed by atoms with E-state index in [-0.39, 0.29) is 110 Å². The van der Waals surface area contributed by atoms with Gasteiger partial charge in [-0.15, -0.1) is 0 Å². The van der Waals surface area contributed by atoms with Crippen LogP contribution >= 0.6 is 0 Å². The summed E-state index contributed by atoms with van der Waals surface area (Å²) in [4.78, 5) is 124. The van der Waals surface area contributed by atoms with Gasteiger partial charge in [0, 0.05) is 37.2 Å². The highest BCUT2D eigenvalue weighted by Gasteiger charge is 2.32. The number of nitrogens with two attached hydrogens (primary N) is 1. The zero-order chi connectivity index (χ0) is 48.9. The molecule has 1 aromatic carbocycles. The molecule has 1 aliphatic rings. The number of hydrogen-bond donors (Lipinski definition) is 8. The number of hydrogen-bond acceptors (Lipinski definition) is 15. The number of ether oxygens (including phenoxy) is 5. The summed E-state index contributed by atoms with van der Waals surface area (Å²) in [5, 5.41) is 24.6. The Bertz CT molecular complexity index is 1790. The van der Waals surface area contributed by atoms with Crippen molar-refractivity contribution in [2.24, 2.45) is 11.7 Å². The van der Waals surface area contributed by atoms with Gasteiger partial charge in [-0.05, 0) is 49.8 Å². The molecule has 1 aliphatic heterocycles. The van der Waals surface area contributed by atoms with Crippen LogP contribution in [0.1, 0.15) is 58.4 Å². The van der Waals surface area contributed by atoms with Crippen molar-refractivity contribution in [3.05, 3.63) is 42.0 Å². The van der Waals surface area contributed by atoms with Crippen LogP contribution in [0.25, 0.3) is 0 Å². The van der Waals surface area contributed by atoms with Gasteiger partial charge in [0.15, 0.2) is 0 Å². The molecule has 0 unspecified atom stereocenters. The van der Waals surface area contributed by atoms with E-state index in [1.807, 2.05) is 0 Å². The zero-order valence-corrected chi connectivity index (χ0v) is 37.3. The molecule has 366 valence electrons. The maximum atomic E-state index is 13.7. The molecule has 9 amide bonds. The van der Waals surface area contributed by atoms with E-state index in [9.17, 15) is 53.1 Å². The minimum Gasteiger partial charge on any atom is -0.481 e. The fraction of sp³-hybridized carbons (Fsp3) is 0.571. The second kappa shape index (κ2) is 31.4. The zero-order valence-electron chi connectivity index (χ0n) is 37.3. The van der Waals surface area contributed by atoms with Crippen molar-refractivity contribution in [3.63, 3.8) is 0 Å². The number of urea groups is 1. The van der Waals surface area contributed by atoms with E-state index in [2.05, 4.69) is 31.9 Å². The number of amides is 9. The number of carboxylic acids is 1. The largest absolute Gasteiger partial charge is 0.481 e. The van der Waals surface area contributed by atoms with E-state index in [4.69, 9.17) is 29.4 Å². The van der Waals surface area contributed by atoms with Gasteiger partial charge in [0.1, 0.15) is 30.8 Å². The van der Waals surface area contributed by atoms with Gasteiger partial charge < -0.3 is 66.4 Å². The first kappa shape index (κ1) is 55.6. The topological polar surface area (TPSA) is 339 Å². The van der Waals surface area contributed by atoms with Crippen LogP contribution in [0.5, 0.6) is 0 Å². The first-order valence-electron chi connectivity index (χ1n) is 21.3. The number of benzene rings is 1. The Balaban J connectivity index is 1.83. The second-order valence-electron chi connectivity index (χ2n) is 15.0. The number of carbonyl (C=O) groups excluding carboxylic acids is 9. The van der Waals surface area contributed by atoms with Crippen LogP contribution in [0, 0.1) is 5.92 Å². The van der Waals surface area contributed by atoms with Crippen molar-refractivity contribution in [3.8, 4) is 0 Å². The summed E-state index contributed by atoms with van der Waals surface area (Å²) in [6.07, 6.45) is 1.66. The molecule has 0 saturated heterocycles. The summed E-state index contributed by atoms with van der Waals surface area (Å²) in [7, 11) is 0. The molecule has 1 heterocycles. The molecule has 0 radical (unpaired) electrons. The lowest BCUT2D eigenvalue weighted by Crippen LogP contribution is -2.59. The number of nitrogens with zero attached hydrogens (tertiary/aromatic N) is 1. The lowest BCUT2D eigenvalue weighted by atomic mass is 10.0. The molecule has 66 heavy (non-hydrogen) atoms. The number of primary amides is 1. The van der Waals surface area contributed by atoms with E-state index in [0.717, 1.165) is 4.90 Å². The minimum atomic E-state index is -1.44. The summed E-state index contributed by atoms with van der Waals surface area (Å²) in [5.74, 6) is -6.20. The molecule has 1 aromatic rings. The van der Waals surface area contributed by atoms with Crippen molar-refractivity contribution < 1.29 is 76.7 Å². The maximum absolute atomic E-state index is 13.7. The molecule has 0 saturated carbocycles. The van der Waals surface area contributed by atoms with E-state index in [0.29, 0.717) is 17.7 Å². The van der Waals surface area contributed by atoms with Gasteiger partial charge in [-0.25, -0.2) is 4.79 Å². The smallest absolute Gasteiger partial charge is 0.312 e. The Morgan fingerprint density at radius 1 is 0.697 bits per heavy atom. The predicted octanol–water partition coefficient (Wildman–Crippen LogP) is -1.39. The molecule has 9 N–H and O–H groups in total. The fourth-order valence-electron chi connectivity index (χ4n) is 5.83. The average molecular weight is 935 g/mol. The SMILES string of the molecule is CC(C)[C@H](NC(=O)[C@H](CCC(=O)O)NC(=O)[C@H](C)NC(=O)CCOCCOCCOCCOCCN1C(=O)C=CC1=O)C(=O)N[C@@H](CCCNC(N)=O)C(=O)Nc1ccc(COC=O)cc1. The number of aliphatic carboxylic acids is 1. The Kier molecular flexibility index (Phi) is 26.5. The van der Waals surface area contributed by atoms with Crippen LogP contribution in [0.4, 0.5) is 10.5 Å². The third kappa shape index (κ3) is 22.9. The molecule has 0 spiro atoms. The van der Waals surface area contributed by atoms with Gasteiger partial charge in [-0.3, -0.25) is 48.1 Å². The minimum absolute atomic E-state index is 0.00346. The van der Waals surface area contributed by atoms with Crippen molar-refractivity contribution in [2.45, 2.75) is 83.6 Å². The molecule has 0 aliphatic carbocycles. The number of rotatable bonds is 35. The third-order valence-electron chi connectivity index (χ3n) is 9.39. The lowest BCUT2D eigenvalue weighted by molar-refractivity contribution is -0.139. The van der Waals surface area contributed by atoms with Crippen LogP contribution in [-0.4, -0.2) is 160 Å². The third-order valence-corrected chi connectivity index (χ3v) is 9.39. The second-order valence-corrected chi connectivity index (χ2v) is 15.0. The molecular weight excluding hydrogens is 873 g/mol. The molecule has 24 heteroatoms. The van der Waals surface area contributed by atoms with Gasteiger partial charge >= 0.3 is 12.0 Å². The molecule has 0 aromatic heterocycles. The molecule has 2 rings (SSSR count). The van der Waals surface area contributed by atoms with E-state index in [1.165, 1.54) is 19.1 Å². The summed E-state index contributed by atoms with van der Waals surface area (Å²) in [5.41, 5.74) is 6.16. The average Bonchev–Trinajstić information content (AvgIpc) is 3.59. The van der Waals surface area contributed by atoms with Gasteiger partial charge in [0.05, 0.1) is 59.4 Å². The number of imide groups is 1. The molecule has 4 atom stereocenters. The molecular formula is C42H62N8O16. The Hall–Kier alpha value is -6.50. The quantitative estimate of drug-likeness (QED) is 0.0221. The number of carboxylic acid groups (broad SMARTS) is 1. The Labute approximate surface area is 381 Å². The van der Waals surface area contributed by atoms with E-state index >= 15 is 0 Å². The van der Waals surface area contributed by atoms with Crippen LogP contribution in [0.15, 0.2) is 36.4 Å². The molecule has 0 fully saturated rings. The van der Waals surface area contributed by atoms with Gasteiger partial charge in [-0.1, -0.05) is 26.0 Å². The summed E-state index contributed by atoms with van der Waals surface area (Å²) >= 11 is 0. The highest BCUT2D eigenvalue weighted by molar-refractivity contribution is 6.12. The van der Waals surface area contributed by atoms with Crippen LogP contribution in [0.3, 0.4) is 0 Å². The number of anilines is 1. The fourth-order valence-corrected chi connectivity index (χ4v) is 5.83. The number of carbonyl (C=O) groups is 10. The van der Waals surface area contributed by atoms with Crippen LogP contribution < -0.4 is 37.6 Å². The van der Waals surface area contributed by atoms with Crippen molar-refractivity contribution in [1.82, 2.24) is 31.5 Å². The first-order chi connectivity index (χ1) is 31.5. The van der Waals surface area contributed by atoms with Crippen molar-refractivity contribution in [1.29, 1.82) is 0 Å². The van der Waals surface area contributed by atoms with Crippen molar-refractivity contribution in [2.75, 3.05) is 71.3 Å². The van der Waals surface area contributed by atoms with E-state index in [1.54, 1.807) is 38.1 Å². The van der Waals surface area contributed by atoms with Crippen molar-refractivity contribution >= 4 is 65.5 Å². The van der Waals surface area contributed by atoms with Gasteiger partial charge in [0.25, 0.3) is 18.3 Å². The van der Waals surface area contributed by atoms with Crippen LogP contribution in [0.2, 0.25) is 0 Å². The predicted molar refractivity (Wildman–Crippen MR) is 232 cm³/mol. The summed E-state index contributed by atoms with van der Waals surface area (Å²) < 4.78 is 26.3. The van der Waals surface area contributed by atoms with Gasteiger partial charge in [-0.2, -0.15) is 0 Å². The highest BCUT2D eigenvalue weighted by Crippen LogP contribution is 2.13. The maximum Gasteiger partial charge on any atom is 0.312 e. The van der Waals surface area contributed by atoms with Crippen LogP contribution in [-0.2, 0) is 73.4 Å². The summed E-state index contributed by atoms with van der Waals surface area (Å²) in [6.45, 7) is 6.87. The monoisotopic (exact) mass is 934 g/mol. The Morgan fingerprint density at radius 3 is 1.82 bits per heavy atom. The normalized spacial score (nSPS) is 13.8. The first-order valence-corrected chi connectivity index (χ1v) is 21.3. The standard InChI is InChI=1S/C42H62N8O16/c1-27(2)37(41(60)48-31(5-4-15-44-42(43)61)39(58)46-30-8-6-29(7-9-30)25-66-26-51)49-40(59)32(10-13-36(55)56)47-38(57)28(3)45-33(52)14-17-62-19-21-64-23-24-65-22-20-63-18-16-50-34(53)11-12-35(50)54/h6-9,11-12,26-28,31-32,37H,4-5,10,13-25H2,1-3H3,(H,45,52)(H,46,58)(H,47,57)(H,48,60)(H,49,59)(H,55,56)(H3,43,44,61)/t28-,31-,32-,37-/m0/s1. The molecule has 24 nitrogen and oxygen atoms in total. The summed E-state index contributed by atoms with van der Waals surface area (Å²) in [6, 6.07) is 0.557. The Morgan fingerprint density at radius 2 is 1.26 bits per heavy atom. The molecule has 0 bridgehead atoms. The van der Waals surface area contributed by atoms with Gasteiger partial charge in [0.2, 0.25) is 29.5 Å². The van der Waals surface area contributed by atoms with E-state index < -0.39 is 78.0 Å². The highest BCUT2D eigenvalue weighted by atomic mass is 16.6.